The molecule has 1 aromatic heterocycles. The van der Waals surface area contributed by atoms with Crippen molar-refractivity contribution in [3.05, 3.63) is 64.0 Å². The molecule has 0 bridgehead atoms. The van der Waals surface area contributed by atoms with Crippen LogP contribution in [0.5, 0.6) is 5.75 Å². The van der Waals surface area contributed by atoms with Gasteiger partial charge in [-0.15, -0.1) is 11.3 Å². The summed E-state index contributed by atoms with van der Waals surface area (Å²) in [6.07, 6.45) is -0.00133. The first-order valence-corrected chi connectivity index (χ1v) is 7.91. The molecule has 0 spiro atoms. The number of fused-ring (bicyclic) bond motifs is 1. The third-order valence-electron chi connectivity index (χ3n) is 3.54. The highest BCUT2D eigenvalue weighted by Crippen LogP contribution is 2.32. The molecule has 0 aliphatic rings. The first kappa shape index (κ1) is 14.4. The highest BCUT2D eigenvalue weighted by Gasteiger charge is 2.13. The zero-order valence-electron chi connectivity index (χ0n) is 11.5. The maximum absolute atomic E-state index is 10.4. The molecule has 0 fully saturated rings. The Kier molecular flexibility index (Phi) is 4.15. The van der Waals surface area contributed by atoms with Crippen LogP contribution in [0, 0.1) is 0 Å². The van der Waals surface area contributed by atoms with Crippen LogP contribution < -0.4 is 4.74 Å². The van der Waals surface area contributed by atoms with Gasteiger partial charge in [-0.25, -0.2) is 0 Å². The second-order valence-electron chi connectivity index (χ2n) is 4.87. The van der Waals surface area contributed by atoms with Crippen LogP contribution in [0.2, 0.25) is 5.02 Å². The van der Waals surface area contributed by atoms with E-state index in [1.54, 1.807) is 30.6 Å². The second-order valence-corrected chi connectivity index (χ2v) is 6.19. The van der Waals surface area contributed by atoms with Crippen LogP contribution >= 0.6 is 22.9 Å². The van der Waals surface area contributed by atoms with Gasteiger partial charge in [0.2, 0.25) is 0 Å². The number of hydrogen-bond acceptors (Lipinski definition) is 3. The fourth-order valence-corrected chi connectivity index (χ4v) is 3.65. The van der Waals surface area contributed by atoms with Gasteiger partial charge < -0.3 is 9.84 Å². The van der Waals surface area contributed by atoms with Gasteiger partial charge in [0.15, 0.2) is 0 Å². The van der Waals surface area contributed by atoms with Crippen LogP contribution in [0.15, 0.2) is 47.8 Å². The molecule has 3 rings (SSSR count). The highest BCUT2D eigenvalue weighted by atomic mass is 35.5. The summed E-state index contributed by atoms with van der Waals surface area (Å²) in [4.78, 5) is 0. The first-order valence-electron chi connectivity index (χ1n) is 6.65. The van der Waals surface area contributed by atoms with E-state index in [9.17, 15) is 5.11 Å². The molecule has 0 radical (unpaired) electrons. The third-order valence-corrected chi connectivity index (χ3v) is 4.84. The quantitative estimate of drug-likeness (QED) is 0.746. The molecule has 0 saturated heterocycles. The van der Waals surface area contributed by atoms with E-state index in [1.165, 1.54) is 10.1 Å². The molecule has 3 aromatic rings. The van der Waals surface area contributed by atoms with E-state index >= 15 is 0 Å². The Bertz CT molecular complexity index is 766. The lowest BCUT2D eigenvalue weighted by Gasteiger charge is -2.12. The van der Waals surface area contributed by atoms with Crippen LogP contribution in [-0.4, -0.2) is 12.2 Å². The number of methoxy groups -OCH3 is 1. The summed E-state index contributed by atoms with van der Waals surface area (Å²) in [6.45, 7) is 0. The molecule has 2 nitrogen and oxygen atoms in total. The number of hydrogen-bond donors (Lipinski definition) is 1. The molecule has 108 valence electrons. The van der Waals surface area contributed by atoms with Gasteiger partial charge in [-0.05, 0) is 40.1 Å². The van der Waals surface area contributed by atoms with Crippen molar-refractivity contribution in [3.8, 4) is 5.75 Å². The Morgan fingerprint density at radius 2 is 2.05 bits per heavy atom. The number of rotatable bonds is 4. The lowest BCUT2D eigenvalue weighted by atomic mass is 10.0. The molecule has 4 heteroatoms. The molecule has 1 unspecified atom stereocenters. The standard InChI is InChI=1S/C17H15ClO2S/c1-20-16-7-6-11(8-14(16)18)15(19)9-12-10-21-17-5-3-2-4-13(12)17/h2-8,10,15,19H,9H2,1H3. The van der Waals surface area contributed by atoms with Gasteiger partial charge in [-0.1, -0.05) is 35.9 Å². The molecular formula is C17H15ClO2S. The largest absolute Gasteiger partial charge is 0.495 e. The van der Waals surface area contributed by atoms with Gasteiger partial charge in [0.1, 0.15) is 5.75 Å². The summed E-state index contributed by atoms with van der Waals surface area (Å²) >= 11 is 7.82. The number of ether oxygens (including phenoxy) is 1. The highest BCUT2D eigenvalue weighted by molar-refractivity contribution is 7.17. The van der Waals surface area contributed by atoms with Gasteiger partial charge in [0.05, 0.1) is 18.2 Å². The van der Waals surface area contributed by atoms with Crippen molar-refractivity contribution in [2.75, 3.05) is 7.11 Å². The molecule has 1 atom stereocenters. The average molecular weight is 319 g/mol. The van der Waals surface area contributed by atoms with Gasteiger partial charge in [-0.3, -0.25) is 0 Å². The molecular weight excluding hydrogens is 304 g/mol. The molecule has 21 heavy (non-hydrogen) atoms. The molecule has 2 aromatic carbocycles. The Morgan fingerprint density at radius 1 is 1.24 bits per heavy atom. The predicted molar refractivity (Wildman–Crippen MR) is 88.5 cm³/mol. The van der Waals surface area contributed by atoms with Gasteiger partial charge in [0, 0.05) is 11.1 Å². The van der Waals surface area contributed by atoms with E-state index in [2.05, 4.69) is 17.5 Å². The number of benzene rings is 2. The average Bonchev–Trinajstić information content (AvgIpc) is 2.90. The molecule has 0 amide bonds. The SMILES string of the molecule is COc1ccc(C(O)Cc2csc3ccccc23)cc1Cl. The van der Waals surface area contributed by atoms with Crippen LogP contribution in [-0.2, 0) is 6.42 Å². The van der Waals surface area contributed by atoms with Crippen molar-refractivity contribution < 1.29 is 9.84 Å². The second kappa shape index (κ2) is 6.06. The monoisotopic (exact) mass is 318 g/mol. The lowest BCUT2D eigenvalue weighted by Crippen LogP contribution is -2.01. The van der Waals surface area contributed by atoms with Crippen LogP contribution in [0.25, 0.3) is 10.1 Å². The topological polar surface area (TPSA) is 29.5 Å². The maximum Gasteiger partial charge on any atom is 0.137 e. The van der Waals surface area contributed by atoms with Gasteiger partial charge in [-0.2, -0.15) is 0 Å². The number of aliphatic hydroxyl groups excluding tert-OH is 1. The summed E-state index contributed by atoms with van der Waals surface area (Å²) in [7, 11) is 1.58. The van der Waals surface area contributed by atoms with E-state index in [1.807, 2.05) is 18.2 Å². The van der Waals surface area contributed by atoms with E-state index in [4.69, 9.17) is 16.3 Å². The minimum atomic E-state index is -0.577. The molecule has 0 aliphatic heterocycles. The van der Waals surface area contributed by atoms with Crippen LogP contribution in [0.3, 0.4) is 0 Å². The smallest absolute Gasteiger partial charge is 0.137 e. The van der Waals surface area contributed by atoms with Crippen molar-refractivity contribution in [2.24, 2.45) is 0 Å². The molecule has 1 N–H and O–H groups in total. The Morgan fingerprint density at radius 3 is 2.81 bits per heavy atom. The normalized spacial score (nSPS) is 12.5. The molecule has 0 saturated carbocycles. The number of aliphatic hydroxyl groups is 1. The Labute approximate surface area is 132 Å². The summed E-state index contributed by atoms with van der Waals surface area (Å²) < 4.78 is 6.37. The van der Waals surface area contributed by atoms with Crippen molar-refractivity contribution >= 4 is 33.0 Å². The van der Waals surface area contributed by atoms with E-state index in [0.29, 0.717) is 17.2 Å². The van der Waals surface area contributed by atoms with E-state index < -0.39 is 6.10 Å². The Hall–Kier alpha value is -1.55. The molecule has 0 aliphatic carbocycles. The summed E-state index contributed by atoms with van der Waals surface area (Å²) in [5.41, 5.74) is 1.96. The number of thiophene rings is 1. The molecule has 1 heterocycles. The van der Waals surface area contributed by atoms with Gasteiger partial charge in [0.25, 0.3) is 0 Å². The first-order chi connectivity index (χ1) is 10.2. The zero-order valence-corrected chi connectivity index (χ0v) is 13.1. The predicted octanol–water partition coefficient (Wildman–Crippen LogP) is 4.84. The van der Waals surface area contributed by atoms with Crippen LogP contribution in [0.4, 0.5) is 0 Å². The van der Waals surface area contributed by atoms with Crippen molar-refractivity contribution in [3.63, 3.8) is 0 Å². The van der Waals surface area contributed by atoms with E-state index in [-0.39, 0.29) is 0 Å². The lowest BCUT2D eigenvalue weighted by molar-refractivity contribution is 0.179. The van der Waals surface area contributed by atoms with Crippen molar-refractivity contribution in [1.82, 2.24) is 0 Å². The van der Waals surface area contributed by atoms with Gasteiger partial charge >= 0.3 is 0 Å². The third kappa shape index (κ3) is 2.91. The zero-order chi connectivity index (χ0) is 14.8. The van der Waals surface area contributed by atoms with Crippen molar-refractivity contribution in [1.29, 1.82) is 0 Å². The van der Waals surface area contributed by atoms with E-state index in [0.717, 1.165) is 11.1 Å². The fraction of sp³-hybridized carbons (Fsp3) is 0.176. The number of halogens is 1. The Balaban J connectivity index is 1.86. The van der Waals surface area contributed by atoms with Crippen molar-refractivity contribution in [2.45, 2.75) is 12.5 Å². The minimum absolute atomic E-state index is 0.518. The van der Waals surface area contributed by atoms with Crippen LogP contribution in [0.1, 0.15) is 17.2 Å². The minimum Gasteiger partial charge on any atom is -0.495 e. The summed E-state index contributed by atoms with van der Waals surface area (Å²) in [5, 5.41) is 14.3. The fourth-order valence-electron chi connectivity index (χ4n) is 2.41. The summed E-state index contributed by atoms with van der Waals surface area (Å²) in [5.74, 6) is 0.619. The summed E-state index contributed by atoms with van der Waals surface area (Å²) in [6, 6.07) is 13.6. The maximum atomic E-state index is 10.4.